The van der Waals surface area contributed by atoms with E-state index in [2.05, 4.69) is 39.2 Å². The quantitative estimate of drug-likeness (QED) is 0.673. The number of hydrogen-bond donors (Lipinski definition) is 3. The second-order valence-electron chi connectivity index (χ2n) is 7.61. The zero-order valence-corrected chi connectivity index (χ0v) is 16.9. The van der Waals surface area contributed by atoms with Crippen molar-refractivity contribution in [2.75, 3.05) is 6.54 Å². The summed E-state index contributed by atoms with van der Waals surface area (Å²) in [5, 5.41) is 21.1. The number of hydrogen-bond acceptors (Lipinski definition) is 6. The molecule has 28 heavy (non-hydrogen) atoms. The summed E-state index contributed by atoms with van der Waals surface area (Å²) in [5.41, 5.74) is 3.76. The molecule has 3 atom stereocenters. The SMILES string of the molecule is C=C(C)c1ncc(C(C)NC[C@@H](C)n2nc3c(c2C(=O)O)CN[C@H](C)C3)cn1. The van der Waals surface area contributed by atoms with Crippen molar-refractivity contribution >= 4 is 11.5 Å². The number of allylic oxidation sites excluding steroid dienone is 1. The van der Waals surface area contributed by atoms with Crippen LogP contribution in [-0.2, 0) is 13.0 Å². The van der Waals surface area contributed by atoms with Gasteiger partial charge in [-0.1, -0.05) is 6.58 Å². The highest BCUT2D eigenvalue weighted by atomic mass is 16.4. The zero-order valence-electron chi connectivity index (χ0n) is 16.9. The molecule has 0 radical (unpaired) electrons. The van der Waals surface area contributed by atoms with Gasteiger partial charge in [-0.15, -0.1) is 0 Å². The van der Waals surface area contributed by atoms with E-state index in [9.17, 15) is 9.90 Å². The highest BCUT2D eigenvalue weighted by Crippen LogP contribution is 2.23. The van der Waals surface area contributed by atoms with Crippen LogP contribution in [0.15, 0.2) is 19.0 Å². The molecule has 3 heterocycles. The van der Waals surface area contributed by atoms with Gasteiger partial charge in [-0.3, -0.25) is 4.68 Å². The van der Waals surface area contributed by atoms with Crippen molar-refractivity contribution in [3.8, 4) is 0 Å². The molecule has 0 bridgehead atoms. The van der Waals surface area contributed by atoms with Gasteiger partial charge in [0, 0.05) is 55.1 Å². The number of nitrogens with zero attached hydrogens (tertiary/aromatic N) is 4. The van der Waals surface area contributed by atoms with Gasteiger partial charge in [-0.25, -0.2) is 14.8 Å². The van der Waals surface area contributed by atoms with E-state index in [1.807, 2.05) is 20.8 Å². The maximum absolute atomic E-state index is 11.9. The van der Waals surface area contributed by atoms with Crippen molar-refractivity contribution in [1.82, 2.24) is 30.4 Å². The molecule has 1 unspecified atom stereocenters. The predicted octanol–water partition coefficient (Wildman–Crippen LogP) is 2.35. The van der Waals surface area contributed by atoms with E-state index in [1.54, 1.807) is 17.1 Å². The summed E-state index contributed by atoms with van der Waals surface area (Å²) in [6.07, 6.45) is 4.33. The summed E-state index contributed by atoms with van der Waals surface area (Å²) >= 11 is 0. The van der Waals surface area contributed by atoms with E-state index in [0.29, 0.717) is 25.0 Å². The fourth-order valence-electron chi connectivity index (χ4n) is 3.38. The maximum atomic E-state index is 11.9. The number of aromatic carboxylic acids is 1. The standard InChI is InChI=1S/C20H28N6O2/c1-11(2)19-23-8-15(9-24-19)14(5)22-7-13(4)26-18(20(27)28)16-10-21-12(3)6-17(16)25-26/h8-9,12-14,21-22H,1,6-7,10H2,2-5H3,(H,27,28)/t12-,13-,14?/m1/s1. The Bertz CT molecular complexity index is 874. The van der Waals surface area contributed by atoms with Crippen LogP contribution in [0.4, 0.5) is 0 Å². The van der Waals surface area contributed by atoms with Crippen LogP contribution in [0.2, 0.25) is 0 Å². The summed E-state index contributed by atoms with van der Waals surface area (Å²) in [4.78, 5) is 20.5. The monoisotopic (exact) mass is 384 g/mol. The molecule has 0 saturated carbocycles. The molecule has 3 N–H and O–H groups in total. The molecular weight excluding hydrogens is 356 g/mol. The van der Waals surface area contributed by atoms with Crippen LogP contribution in [0.5, 0.6) is 0 Å². The Morgan fingerprint density at radius 3 is 2.71 bits per heavy atom. The van der Waals surface area contributed by atoms with E-state index in [0.717, 1.165) is 28.8 Å². The molecule has 1 aliphatic heterocycles. The van der Waals surface area contributed by atoms with Crippen LogP contribution in [0.3, 0.4) is 0 Å². The third kappa shape index (κ3) is 4.13. The van der Waals surface area contributed by atoms with Gasteiger partial charge in [0.2, 0.25) is 0 Å². The average molecular weight is 384 g/mol. The molecule has 0 fully saturated rings. The summed E-state index contributed by atoms with van der Waals surface area (Å²) in [5.74, 6) is -0.297. The molecule has 0 amide bonds. The van der Waals surface area contributed by atoms with Gasteiger partial charge < -0.3 is 15.7 Å². The van der Waals surface area contributed by atoms with Crippen LogP contribution >= 0.6 is 0 Å². The summed E-state index contributed by atoms with van der Waals surface area (Å²) in [6.45, 7) is 12.9. The molecule has 0 spiro atoms. The number of rotatable bonds is 7. The van der Waals surface area contributed by atoms with Gasteiger partial charge in [0.05, 0.1) is 11.7 Å². The lowest BCUT2D eigenvalue weighted by molar-refractivity contribution is 0.0679. The third-order valence-electron chi connectivity index (χ3n) is 5.11. The lowest BCUT2D eigenvalue weighted by Gasteiger charge is -2.19. The van der Waals surface area contributed by atoms with Crippen molar-refractivity contribution in [1.29, 1.82) is 0 Å². The number of fused-ring (bicyclic) bond motifs is 1. The Hall–Kier alpha value is -2.58. The lowest BCUT2D eigenvalue weighted by Crippen LogP contribution is -2.33. The normalized spacial score (nSPS) is 18.4. The van der Waals surface area contributed by atoms with Crippen molar-refractivity contribution in [3.63, 3.8) is 0 Å². The van der Waals surface area contributed by atoms with Crippen LogP contribution in [0.1, 0.15) is 72.9 Å². The Morgan fingerprint density at radius 1 is 1.43 bits per heavy atom. The average Bonchev–Trinajstić information content (AvgIpc) is 3.04. The van der Waals surface area contributed by atoms with E-state index in [4.69, 9.17) is 0 Å². The molecule has 0 aromatic carbocycles. The minimum Gasteiger partial charge on any atom is -0.477 e. The van der Waals surface area contributed by atoms with Crippen molar-refractivity contribution in [2.24, 2.45) is 0 Å². The number of carboxylic acids is 1. The highest BCUT2D eigenvalue weighted by molar-refractivity contribution is 5.88. The van der Waals surface area contributed by atoms with Crippen molar-refractivity contribution < 1.29 is 9.90 Å². The fourth-order valence-corrected chi connectivity index (χ4v) is 3.38. The second kappa shape index (κ2) is 8.20. The molecule has 8 nitrogen and oxygen atoms in total. The largest absolute Gasteiger partial charge is 0.477 e. The fraction of sp³-hybridized carbons (Fsp3) is 0.500. The first-order valence-electron chi connectivity index (χ1n) is 9.56. The molecule has 150 valence electrons. The first-order chi connectivity index (χ1) is 13.3. The molecule has 0 aliphatic carbocycles. The maximum Gasteiger partial charge on any atom is 0.354 e. The van der Waals surface area contributed by atoms with Gasteiger partial charge in [-0.05, 0) is 33.3 Å². The van der Waals surface area contributed by atoms with E-state index in [-0.39, 0.29) is 17.8 Å². The summed E-state index contributed by atoms with van der Waals surface area (Å²) < 4.78 is 1.65. The number of nitrogens with one attached hydrogen (secondary N) is 2. The van der Waals surface area contributed by atoms with E-state index >= 15 is 0 Å². The molecule has 0 saturated heterocycles. The summed E-state index contributed by atoms with van der Waals surface area (Å²) in [7, 11) is 0. The zero-order chi connectivity index (χ0) is 20.4. The van der Waals surface area contributed by atoms with Gasteiger partial charge in [0.15, 0.2) is 11.5 Å². The summed E-state index contributed by atoms with van der Waals surface area (Å²) in [6, 6.07) is 0.222. The minimum atomic E-state index is -0.936. The van der Waals surface area contributed by atoms with E-state index < -0.39 is 5.97 Å². The topological polar surface area (TPSA) is 105 Å². The lowest BCUT2D eigenvalue weighted by atomic mass is 10.0. The number of carboxylic acid groups (broad SMARTS) is 1. The molecule has 2 aromatic heterocycles. The van der Waals surface area contributed by atoms with Gasteiger partial charge >= 0.3 is 5.97 Å². The Balaban J connectivity index is 1.71. The van der Waals surface area contributed by atoms with Gasteiger partial charge in [-0.2, -0.15) is 5.10 Å². The molecule has 8 heteroatoms. The Morgan fingerprint density at radius 2 is 2.11 bits per heavy atom. The number of carbonyl (C=O) groups is 1. The van der Waals surface area contributed by atoms with Crippen LogP contribution in [-0.4, -0.2) is 43.4 Å². The van der Waals surface area contributed by atoms with Crippen LogP contribution in [0.25, 0.3) is 5.57 Å². The van der Waals surface area contributed by atoms with Crippen molar-refractivity contribution in [2.45, 2.75) is 58.8 Å². The predicted molar refractivity (Wildman–Crippen MR) is 107 cm³/mol. The third-order valence-corrected chi connectivity index (χ3v) is 5.11. The Labute approximate surface area is 165 Å². The second-order valence-corrected chi connectivity index (χ2v) is 7.61. The minimum absolute atomic E-state index is 0.0294. The smallest absolute Gasteiger partial charge is 0.354 e. The first kappa shape index (κ1) is 20.2. The van der Waals surface area contributed by atoms with Gasteiger partial charge in [0.1, 0.15) is 0 Å². The Kier molecular flexibility index (Phi) is 5.90. The highest BCUT2D eigenvalue weighted by Gasteiger charge is 2.29. The molecule has 3 rings (SSSR count). The van der Waals surface area contributed by atoms with E-state index in [1.165, 1.54) is 0 Å². The number of aromatic nitrogens is 4. The van der Waals surface area contributed by atoms with Crippen LogP contribution in [0, 0.1) is 0 Å². The van der Waals surface area contributed by atoms with Gasteiger partial charge in [0.25, 0.3) is 0 Å². The molecular formula is C20H28N6O2. The van der Waals surface area contributed by atoms with Crippen molar-refractivity contribution in [3.05, 3.63) is 47.3 Å². The molecule has 2 aromatic rings. The molecule has 1 aliphatic rings. The first-order valence-corrected chi connectivity index (χ1v) is 9.56. The van der Waals surface area contributed by atoms with Crippen LogP contribution < -0.4 is 10.6 Å².